The minimum Gasteiger partial charge on any atom is -0.383 e. The molecule has 0 spiro atoms. The number of nitrogens with zero attached hydrogens (tertiary/aromatic N) is 1. The van der Waals surface area contributed by atoms with E-state index < -0.39 is 0 Å². The molecule has 1 unspecified atom stereocenters. The van der Waals surface area contributed by atoms with Gasteiger partial charge in [0, 0.05) is 32.3 Å². The fourth-order valence-electron chi connectivity index (χ4n) is 2.42. The minimum atomic E-state index is 0.285. The summed E-state index contributed by atoms with van der Waals surface area (Å²) in [5, 5.41) is 0. The van der Waals surface area contributed by atoms with Crippen LogP contribution in [-0.4, -0.2) is 43.8 Å². The molecule has 3 nitrogen and oxygen atoms in total. The second-order valence-electron chi connectivity index (χ2n) is 5.35. The van der Waals surface area contributed by atoms with Gasteiger partial charge in [0.15, 0.2) is 0 Å². The molecule has 0 aliphatic heterocycles. The number of hydrogen-bond donors (Lipinski definition) is 1. The van der Waals surface area contributed by atoms with Gasteiger partial charge in [-0.15, -0.1) is 0 Å². The molecule has 0 aliphatic carbocycles. The van der Waals surface area contributed by atoms with Gasteiger partial charge in [-0.3, -0.25) is 4.90 Å². The number of methoxy groups -OCH3 is 1. The number of hydrogen-bond acceptors (Lipinski definition) is 3. The van der Waals surface area contributed by atoms with Crippen LogP contribution in [0.5, 0.6) is 0 Å². The van der Waals surface area contributed by atoms with Gasteiger partial charge in [0.05, 0.1) is 6.61 Å². The molecule has 0 aromatic heterocycles. The van der Waals surface area contributed by atoms with Crippen LogP contribution in [0.4, 0.5) is 0 Å². The third-order valence-corrected chi connectivity index (χ3v) is 3.28. The highest BCUT2D eigenvalue weighted by Crippen LogP contribution is 2.11. The van der Waals surface area contributed by atoms with Crippen LogP contribution in [0, 0.1) is 5.92 Å². The van der Waals surface area contributed by atoms with Gasteiger partial charge in [0.25, 0.3) is 0 Å². The zero-order valence-electron chi connectivity index (χ0n) is 12.4. The first kappa shape index (κ1) is 16.9. The van der Waals surface area contributed by atoms with Crippen LogP contribution >= 0.6 is 0 Å². The Morgan fingerprint density at radius 1 is 1.18 bits per heavy atom. The molecule has 2 N–H and O–H groups in total. The first-order valence-corrected chi connectivity index (χ1v) is 7.03. The molecule has 0 aromatic rings. The van der Waals surface area contributed by atoms with Gasteiger partial charge in [0.2, 0.25) is 0 Å². The zero-order chi connectivity index (χ0) is 13.3. The summed E-state index contributed by atoms with van der Waals surface area (Å²) in [6.45, 7) is 11.8. The maximum absolute atomic E-state index is 6.21. The summed E-state index contributed by atoms with van der Waals surface area (Å²) in [7, 11) is 1.76. The summed E-state index contributed by atoms with van der Waals surface area (Å²) in [4.78, 5) is 2.50. The van der Waals surface area contributed by atoms with E-state index in [2.05, 4.69) is 32.6 Å². The number of ether oxygens (including phenoxy) is 1. The Hall–Kier alpha value is -0.120. The van der Waals surface area contributed by atoms with Crippen LogP contribution in [0.15, 0.2) is 0 Å². The van der Waals surface area contributed by atoms with Crippen LogP contribution in [0.25, 0.3) is 0 Å². The van der Waals surface area contributed by atoms with E-state index in [9.17, 15) is 0 Å². The van der Waals surface area contributed by atoms with Crippen molar-refractivity contribution in [2.24, 2.45) is 11.7 Å². The molecular formula is C14H32N2O. The van der Waals surface area contributed by atoms with Crippen molar-refractivity contribution in [2.45, 2.75) is 59.0 Å². The number of nitrogens with two attached hydrogens (primary N) is 1. The Bertz CT molecular complexity index is 170. The van der Waals surface area contributed by atoms with Crippen molar-refractivity contribution in [1.29, 1.82) is 0 Å². The average molecular weight is 244 g/mol. The Balaban J connectivity index is 4.25. The second kappa shape index (κ2) is 9.86. The SMILES string of the molecule is CCC(CC)N(CCOC)CC(N)CC(C)C. The fraction of sp³-hybridized carbons (Fsp3) is 1.00. The summed E-state index contributed by atoms with van der Waals surface area (Å²) < 4.78 is 5.19. The summed E-state index contributed by atoms with van der Waals surface area (Å²) in [6.07, 6.45) is 3.48. The van der Waals surface area contributed by atoms with E-state index in [1.54, 1.807) is 7.11 Å². The van der Waals surface area contributed by atoms with E-state index in [0.29, 0.717) is 12.0 Å². The molecule has 0 aliphatic rings. The van der Waals surface area contributed by atoms with E-state index in [1.807, 2.05) is 0 Å². The van der Waals surface area contributed by atoms with E-state index >= 15 is 0 Å². The minimum absolute atomic E-state index is 0.285. The third kappa shape index (κ3) is 7.74. The van der Waals surface area contributed by atoms with Gasteiger partial charge in [-0.25, -0.2) is 0 Å². The molecule has 17 heavy (non-hydrogen) atoms. The first-order valence-electron chi connectivity index (χ1n) is 7.03. The maximum atomic E-state index is 6.21. The third-order valence-electron chi connectivity index (χ3n) is 3.28. The molecule has 0 heterocycles. The molecule has 0 amide bonds. The van der Waals surface area contributed by atoms with Crippen molar-refractivity contribution in [1.82, 2.24) is 4.90 Å². The number of rotatable bonds is 10. The Labute approximate surface area is 108 Å². The van der Waals surface area contributed by atoms with Crippen molar-refractivity contribution in [3.8, 4) is 0 Å². The van der Waals surface area contributed by atoms with Crippen LogP contribution in [0.2, 0.25) is 0 Å². The van der Waals surface area contributed by atoms with Crippen molar-refractivity contribution >= 4 is 0 Å². The highest BCUT2D eigenvalue weighted by Gasteiger charge is 2.18. The summed E-state index contributed by atoms with van der Waals surface area (Å²) >= 11 is 0. The Morgan fingerprint density at radius 2 is 1.76 bits per heavy atom. The highest BCUT2D eigenvalue weighted by atomic mass is 16.5. The molecule has 0 rings (SSSR count). The van der Waals surface area contributed by atoms with Gasteiger partial charge in [-0.1, -0.05) is 27.7 Å². The van der Waals surface area contributed by atoms with Gasteiger partial charge in [0.1, 0.15) is 0 Å². The molecule has 1 atom stereocenters. The smallest absolute Gasteiger partial charge is 0.0589 e. The zero-order valence-corrected chi connectivity index (χ0v) is 12.4. The lowest BCUT2D eigenvalue weighted by Gasteiger charge is -2.32. The summed E-state index contributed by atoms with van der Waals surface area (Å²) in [6, 6.07) is 0.927. The molecule has 104 valence electrons. The van der Waals surface area contributed by atoms with Gasteiger partial charge >= 0.3 is 0 Å². The quantitative estimate of drug-likeness (QED) is 0.642. The van der Waals surface area contributed by atoms with E-state index in [1.165, 1.54) is 12.8 Å². The summed E-state index contributed by atoms with van der Waals surface area (Å²) in [5.74, 6) is 0.677. The fourth-order valence-corrected chi connectivity index (χ4v) is 2.42. The van der Waals surface area contributed by atoms with Crippen molar-refractivity contribution in [3.63, 3.8) is 0 Å². The van der Waals surface area contributed by atoms with Crippen molar-refractivity contribution in [3.05, 3.63) is 0 Å². The summed E-state index contributed by atoms with van der Waals surface area (Å²) in [5.41, 5.74) is 6.21. The highest BCUT2D eigenvalue weighted by molar-refractivity contribution is 4.75. The lowest BCUT2D eigenvalue weighted by atomic mass is 10.0. The molecule has 0 radical (unpaired) electrons. The first-order chi connectivity index (χ1) is 8.04. The van der Waals surface area contributed by atoms with Crippen LogP contribution in [-0.2, 0) is 4.74 Å². The van der Waals surface area contributed by atoms with Gasteiger partial charge < -0.3 is 10.5 Å². The van der Waals surface area contributed by atoms with Crippen molar-refractivity contribution < 1.29 is 4.74 Å². The standard InChI is InChI=1S/C14H32N2O/c1-6-14(7-2)16(8-9-17-5)11-13(15)10-12(3)4/h12-14H,6-11,15H2,1-5H3. The topological polar surface area (TPSA) is 38.5 Å². The molecule has 0 aromatic carbocycles. The monoisotopic (exact) mass is 244 g/mol. The lowest BCUT2D eigenvalue weighted by Crippen LogP contribution is -2.45. The lowest BCUT2D eigenvalue weighted by molar-refractivity contribution is 0.108. The van der Waals surface area contributed by atoms with Gasteiger partial charge in [-0.2, -0.15) is 0 Å². The van der Waals surface area contributed by atoms with E-state index in [0.717, 1.165) is 26.1 Å². The molecule has 0 saturated heterocycles. The molecule has 3 heteroatoms. The predicted octanol–water partition coefficient (Wildman–Crippen LogP) is 2.50. The molecular weight excluding hydrogens is 212 g/mol. The predicted molar refractivity (Wildman–Crippen MR) is 75.2 cm³/mol. The largest absolute Gasteiger partial charge is 0.383 e. The second-order valence-corrected chi connectivity index (χ2v) is 5.35. The molecule has 0 fully saturated rings. The molecule has 0 saturated carbocycles. The van der Waals surface area contributed by atoms with Crippen LogP contribution in [0.1, 0.15) is 47.0 Å². The van der Waals surface area contributed by atoms with E-state index in [-0.39, 0.29) is 6.04 Å². The molecule has 0 bridgehead atoms. The Kier molecular flexibility index (Phi) is 9.79. The van der Waals surface area contributed by atoms with Crippen LogP contribution < -0.4 is 5.73 Å². The van der Waals surface area contributed by atoms with Crippen LogP contribution in [0.3, 0.4) is 0 Å². The van der Waals surface area contributed by atoms with Crippen molar-refractivity contribution in [2.75, 3.05) is 26.8 Å². The normalized spacial score (nSPS) is 13.9. The van der Waals surface area contributed by atoms with E-state index in [4.69, 9.17) is 10.5 Å². The van der Waals surface area contributed by atoms with Gasteiger partial charge in [-0.05, 0) is 25.2 Å². The Morgan fingerprint density at radius 3 is 2.18 bits per heavy atom. The maximum Gasteiger partial charge on any atom is 0.0589 e. The average Bonchev–Trinajstić information content (AvgIpc) is 2.26.